The molecule has 2 aromatic heterocycles. The molecule has 7 nitrogen and oxygen atoms in total. The van der Waals surface area contributed by atoms with E-state index < -0.39 is 5.56 Å². The largest absolute Gasteiger partial charge is 0.449 e. The van der Waals surface area contributed by atoms with E-state index in [0.29, 0.717) is 5.65 Å². The highest BCUT2D eigenvalue weighted by Gasteiger charge is 2.07. The minimum Gasteiger partial charge on any atom is -0.449 e. The lowest BCUT2D eigenvalue weighted by Crippen LogP contribution is -2.11. The number of nitrogen functional groups attached to an aromatic ring is 1. The SMILES string of the molecule is COC#Cn1cnc2c(=O)[nH]c(N)nc21. The standard InChI is InChI=1S/C8H7N5O2/c1-15-3-2-13-4-10-5-6(13)11-8(9)12-7(5)14/h4H,1H3,(H3,9,11,12,14). The van der Waals surface area contributed by atoms with Crippen LogP contribution in [0, 0.1) is 12.2 Å². The molecule has 0 amide bonds. The van der Waals surface area contributed by atoms with Crippen LogP contribution in [0.1, 0.15) is 0 Å². The van der Waals surface area contributed by atoms with E-state index in [2.05, 4.69) is 31.8 Å². The Morgan fingerprint density at radius 2 is 2.47 bits per heavy atom. The molecule has 0 radical (unpaired) electrons. The number of hydrogen-bond acceptors (Lipinski definition) is 5. The molecule has 7 heteroatoms. The molecule has 2 aromatic rings. The van der Waals surface area contributed by atoms with Gasteiger partial charge in [0.25, 0.3) is 5.56 Å². The van der Waals surface area contributed by atoms with Gasteiger partial charge in [-0.1, -0.05) is 0 Å². The van der Waals surface area contributed by atoms with Gasteiger partial charge in [0.05, 0.1) is 13.2 Å². The lowest BCUT2D eigenvalue weighted by molar-refractivity contribution is 0.371. The molecule has 0 saturated carbocycles. The van der Waals surface area contributed by atoms with Crippen molar-refractivity contribution in [2.75, 3.05) is 12.8 Å². The van der Waals surface area contributed by atoms with Crippen molar-refractivity contribution in [2.45, 2.75) is 0 Å². The number of nitrogens with one attached hydrogen (secondary N) is 1. The van der Waals surface area contributed by atoms with E-state index in [1.54, 1.807) is 0 Å². The number of fused-ring (bicyclic) bond motifs is 1. The summed E-state index contributed by atoms with van der Waals surface area (Å²) in [5, 5.41) is 0. The first-order valence-corrected chi connectivity index (χ1v) is 3.99. The van der Waals surface area contributed by atoms with E-state index in [9.17, 15) is 4.79 Å². The van der Waals surface area contributed by atoms with E-state index in [1.165, 1.54) is 18.0 Å². The minimum atomic E-state index is -0.393. The maximum absolute atomic E-state index is 11.4. The molecule has 3 N–H and O–H groups in total. The summed E-state index contributed by atoms with van der Waals surface area (Å²) < 4.78 is 5.94. The summed E-state index contributed by atoms with van der Waals surface area (Å²) in [7, 11) is 1.43. The quantitative estimate of drug-likeness (QED) is 0.544. The summed E-state index contributed by atoms with van der Waals surface area (Å²) in [6.45, 7) is 0. The number of aromatic nitrogens is 4. The van der Waals surface area contributed by atoms with Crippen LogP contribution in [0.5, 0.6) is 0 Å². The molecule has 0 aromatic carbocycles. The van der Waals surface area contributed by atoms with Crippen LogP contribution in [0.4, 0.5) is 5.95 Å². The Hall–Kier alpha value is -2.49. The van der Waals surface area contributed by atoms with Crippen LogP contribution in [0.15, 0.2) is 11.1 Å². The molecule has 2 rings (SSSR count). The second-order valence-corrected chi connectivity index (χ2v) is 2.66. The van der Waals surface area contributed by atoms with Crippen LogP contribution in [0.25, 0.3) is 11.2 Å². The van der Waals surface area contributed by atoms with E-state index in [4.69, 9.17) is 5.73 Å². The number of aromatic amines is 1. The van der Waals surface area contributed by atoms with Gasteiger partial charge in [-0.15, -0.1) is 0 Å². The van der Waals surface area contributed by atoms with E-state index in [1.807, 2.05) is 0 Å². The number of H-pyrrole nitrogens is 1. The fraction of sp³-hybridized carbons (Fsp3) is 0.125. The molecule has 0 aliphatic carbocycles. The minimum absolute atomic E-state index is 0.0217. The van der Waals surface area contributed by atoms with Crippen LogP contribution in [-0.2, 0) is 4.74 Å². The topological polar surface area (TPSA) is 98.8 Å². The number of nitrogens with zero attached hydrogens (tertiary/aromatic N) is 3. The average Bonchev–Trinajstić information content (AvgIpc) is 2.58. The first-order valence-electron chi connectivity index (χ1n) is 3.99. The van der Waals surface area contributed by atoms with Crippen molar-refractivity contribution in [2.24, 2.45) is 0 Å². The Morgan fingerprint density at radius 3 is 3.20 bits per heavy atom. The fourth-order valence-electron chi connectivity index (χ4n) is 1.10. The molecule has 0 unspecified atom stereocenters. The normalized spacial score (nSPS) is 9.67. The molecule has 0 saturated heterocycles. The fourth-order valence-corrected chi connectivity index (χ4v) is 1.10. The van der Waals surface area contributed by atoms with Gasteiger partial charge in [-0.3, -0.25) is 9.78 Å². The van der Waals surface area contributed by atoms with Crippen molar-refractivity contribution in [3.8, 4) is 12.2 Å². The highest BCUT2D eigenvalue weighted by atomic mass is 16.5. The monoisotopic (exact) mass is 205 g/mol. The molecule has 0 fully saturated rings. The molecular weight excluding hydrogens is 198 g/mol. The third kappa shape index (κ3) is 1.48. The molecular formula is C8H7N5O2. The Bertz CT molecular complexity index is 615. The summed E-state index contributed by atoms with van der Waals surface area (Å²) in [5.41, 5.74) is 5.50. The second-order valence-electron chi connectivity index (χ2n) is 2.66. The van der Waals surface area contributed by atoms with Gasteiger partial charge < -0.3 is 10.5 Å². The van der Waals surface area contributed by atoms with Crippen LogP contribution in [-0.4, -0.2) is 26.6 Å². The van der Waals surface area contributed by atoms with Crippen LogP contribution < -0.4 is 11.3 Å². The number of anilines is 1. The Labute approximate surface area is 83.9 Å². The maximum Gasteiger partial charge on any atom is 0.280 e. The third-order valence-electron chi connectivity index (χ3n) is 1.69. The maximum atomic E-state index is 11.4. The van der Waals surface area contributed by atoms with Gasteiger partial charge in [0.1, 0.15) is 12.4 Å². The number of rotatable bonds is 0. The number of hydrogen-bond donors (Lipinski definition) is 2. The summed E-state index contributed by atoms with van der Waals surface area (Å²) in [6, 6.07) is 2.58. The Morgan fingerprint density at radius 1 is 1.67 bits per heavy atom. The molecule has 0 bridgehead atoms. The Balaban J connectivity index is 2.74. The number of imidazole rings is 1. The van der Waals surface area contributed by atoms with Crippen molar-refractivity contribution in [3.05, 3.63) is 16.7 Å². The zero-order valence-electron chi connectivity index (χ0n) is 7.81. The molecule has 0 aliphatic rings. The Kier molecular flexibility index (Phi) is 2.02. The zero-order chi connectivity index (χ0) is 10.8. The first kappa shape index (κ1) is 9.08. The van der Waals surface area contributed by atoms with Crippen molar-refractivity contribution in [3.63, 3.8) is 0 Å². The second kappa shape index (κ2) is 3.34. The van der Waals surface area contributed by atoms with Crippen molar-refractivity contribution >= 4 is 17.1 Å². The first-order chi connectivity index (χ1) is 7.22. The van der Waals surface area contributed by atoms with Crippen molar-refractivity contribution in [1.82, 2.24) is 19.5 Å². The number of ether oxygens (including phenoxy) is 1. The molecule has 0 atom stereocenters. The summed E-state index contributed by atoms with van der Waals surface area (Å²) >= 11 is 0. The number of nitrogens with two attached hydrogens (primary N) is 1. The summed E-state index contributed by atoms with van der Waals surface area (Å²) in [5.74, 6) is 0.0217. The summed E-state index contributed by atoms with van der Waals surface area (Å²) in [4.78, 5) is 21.5. The lowest BCUT2D eigenvalue weighted by atomic mass is 10.5. The van der Waals surface area contributed by atoms with E-state index in [0.717, 1.165) is 0 Å². The third-order valence-corrected chi connectivity index (χ3v) is 1.69. The average molecular weight is 205 g/mol. The highest BCUT2D eigenvalue weighted by Crippen LogP contribution is 2.03. The van der Waals surface area contributed by atoms with Gasteiger partial charge in [0.15, 0.2) is 11.2 Å². The van der Waals surface area contributed by atoms with Crippen molar-refractivity contribution in [1.29, 1.82) is 0 Å². The smallest absolute Gasteiger partial charge is 0.280 e. The van der Waals surface area contributed by atoms with E-state index in [-0.39, 0.29) is 11.5 Å². The summed E-state index contributed by atoms with van der Waals surface area (Å²) in [6.07, 6.45) is 3.74. The van der Waals surface area contributed by atoms with Crippen LogP contribution >= 0.6 is 0 Å². The highest BCUT2D eigenvalue weighted by molar-refractivity contribution is 5.71. The molecule has 0 aliphatic heterocycles. The van der Waals surface area contributed by atoms with E-state index >= 15 is 0 Å². The number of methoxy groups -OCH3 is 1. The van der Waals surface area contributed by atoms with Gasteiger partial charge in [-0.25, -0.2) is 9.55 Å². The lowest BCUT2D eigenvalue weighted by Gasteiger charge is -1.93. The molecule has 2 heterocycles. The predicted molar refractivity (Wildman–Crippen MR) is 52.7 cm³/mol. The van der Waals surface area contributed by atoms with Gasteiger partial charge in [0, 0.05) is 0 Å². The molecule has 76 valence electrons. The zero-order valence-corrected chi connectivity index (χ0v) is 7.81. The van der Waals surface area contributed by atoms with Gasteiger partial charge >= 0.3 is 0 Å². The molecule has 15 heavy (non-hydrogen) atoms. The van der Waals surface area contributed by atoms with Gasteiger partial charge in [0.2, 0.25) is 5.95 Å². The van der Waals surface area contributed by atoms with Crippen LogP contribution in [0.2, 0.25) is 0 Å². The van der Waals surface area contributed by atoms with Crippen molar-refractivity contribution < 1.29 is 4.74 Å². The van der Waals surface area contributed by atoms with Crippen LogP contribution in [0.3, 0.4) is 0 Å². The van der Waals surface area contributed by atoms with Gasteiger partial charge in [-0.2, -0.15) is 4.98 Å². The predicted octanol–water partition coefficient (Wildman–Crippen LogP) is -0.885. The van der Waals surface area contributed by atoms with Gasteiger partial charge in [-0.05, 0) is 0 Å². The molecule has 0 spiro atoms.